The third kappa shape index (κ3) is 3.16. The number of benzene rings is 1. The van der Waals surface area contributed by atoms with Crippen LogP contribution in [-0.4, -0.2) is 12.2 Å². The number of hydrogen-bond donors (Lipinski definition) is 1. The number of rotatable bonds is 2. The topological polar surface area (TPSA) is 29.5 Å². The Morgan fingerprint density at radius 1 is 0.862 bits per heavy atom. The van der Waals surface area contributed by atoms with E-state index in [-0.39, 0.29) is 5.41 Å². The highest BCUT2D eigenvalue weighted by molar-refractivity contribution is 5.33. The summed E-state index contributed by atoms with van der Waals surface area (Å²) in [4.78, 5) is 0. The molecule has 7 atom stereocenters. The zero-order chi connectivity index (χ0) is 21.0. The molecule has 2 bridgehead atoms. The van der Waals surface area contributed by atoms with Crippen molar-refractivity contribution in [1.82, 2.24) is 0 Å². The molecule has 2 heteroatoms. The molecule has 0 saturated heterocycles. The normalized spacial score (nSPS) is 44.3. The van der Waals surface area contributed by atoms with Crippen molar-refractivity contribution in [3.8, 4) is 5.75 Å². The van der Waals surface area contributed by atoms with Crippen molar-refractivity contribution in [2.24, 2.45) is 40.4 Å². The van der Waals surface area contributed by atoms with E-state index in [1.807, 2.05) is 12.1 Å². The van der Waals surface area contributed by atoms with Crippen LogP contribution in [0.25, 0.3) is 0 Å². The van der Waals surface area contributed by atoms with Gasteiger partial charge in [0.25, 0.3) is 0 Å². The van der Waals surface area contributed by atoms with Crippen molar-refractivity contribution < 1.29 is 9.84 Å². The molecule has 4 rings (SSSR count). The fourth-order valence-electron chi connectivity index (χ4n) is 8.00. The molecule has 3 aliphatic rings. The minimum atomic E-state index is -0.741. The molecule has 1 aromatic rings. The van der Waals surface area contributed by atoms with Gasteiger partial charge in [-0.1, -0.05) is 53.2 Å². The van der Waals surface area contributed by atoms with E-state index in [1.165, 1.54) is 25.7 Å². The van der Waals surface area contributed by atoms with Crippen molar-refractivity contribution in [1.29, 1.82) is 0 Å². The summed E-state index contributed by atoms with van der Waals surface area (Å²) in [6, 6.07) is 8.27. The van der Waals surface area contributed by atoms with Gasteiger partial charge in [0, 0.05) is 5.41 Å². The summed E-state index contributed by atoms with van der Waals surface area (Å²) >= 11 is 0. The predicted octanol–water partition coefficient (Wildman–Crippen LogP) is 6.81. The maximum atomic E-state index is 12.3. The molecule has 1 aromatic carbocycles. The summed E-state index contributed by atoms with van der Waals surface area (Å²) in [7, 11) is 1.71. The Bertz CT molecular complexity index is 723. The van der Waals surface area contributed by atoms with Gasteiger partial charge in [0.1, 0.15) is 5.75 Å². The second-order valence-corrected chi connectivity index (χ2v) is 11.6. The molecule has 3 saturated carbocycles. The Hall–Kier alpha value is -1.02. The predicted molar refractivity (Wildman–Crippen MR) is 120 cm³/mol. The molecule has 29 heavy (non-hydrogen) atoms. The smallest absolute Gasteiger partial charge is 0.118 e. The summed E-state index contributed by atoms with van der Waals surface area (Å²) in [5, 5.41) is 12.3. The Morgan fingerprint density at radius 3 is 2.17 bits per heavy atom. The minimum absolute atomic E-state index is 0.0662. The second kappa shape index (κ2) is 7.29. The van der Waals surface area contributed by atoms with Gasteiger partial charge in [-0.05, 0) is 91.2 Å². The van der Waals surface area contributed by atoms with Gasteiger partial charge in [0.15, 0.2) is 0 Å². The van der Waals surface area contributed by atoms with Crippen LogP contribution in [-0.2, 0) is 5.60 Å². The van der Waals surface area contributed by atoms with E-state index < -0.39 is 5.60 Å². The molecule has 2 nitrogen and oxygen atoms in total. The van der Waals surface area contributed by atoms with E-state index in [0.717, 1.165) is 48.3 Å². The molecule has 0 aromatic heterocycles. The minimum Gasteiger partial charge on any atom is -0.497 e. The molecule has 1 unspecified atom stereocenters. The van der Waals surface area contributed by atoms with E-state index in [2.05, 4.69) is 46.8 Å². The van der Waals surface area contributed by atoms with Crippen molar-refractivity contribution in [3.05, 3.63) is 29.8 Å². The van der Waals surface area contributed by atoms with Crippen LogP contribution in [0, 0.1) is 40.4 Å². The lowest BCUT2D eigenvalue weighted by molar-refractivity contribution is -0.187. The molecule has 3 fully saturated rings. The van der Waals surface area contributed by atoms with Crippen LogP contribution in [0.15, 0.2) is 24.3 Å². The Balaban J connectivity index is 1.76. The zero-order valence-electron chi connectivity index (χ0n) is 19.5. The van der Waals surface area contributed by atoms with Crippen molar-refractivity contribution in [2.45, 2.75) is 85.2 Å². The standard InChI is InChI=1S/C27H42O2/c1-18-7-8-21-17-24-19(2)13-16-27(28,20-9-11-22(29-6)12-10-20)26(24,5)15-14-23(18)25(21,3)4/h9-12,18-19,21,23-24,28H,7-8,13-17H2,1-6H3/t18-,19-,21+,23+,24-,26+,27?/m1/s1. The Kier molecular flexibility index (Phi) is 5.33. The summed E-state index contributed by atoms with van der Waals surface area (Å²) < 4.78 is 5.38. The molecular weight excluding hydrogens is 356 g/mol. The number of ether oxygens (including phenoxy) is 1. The highest BCUT2D eigenvalue weighted by Crippen LogP contribution is 2.64. The zero-order valence-corrected chi connectivity index (χ0v) is 19.5. The number of methoxy groups -OCH3 is 1. The van der Waals surface area contributed by atoms with Crippen LogP contribution in [0.2, 0.25) is 0 Å². The first kappa shape index (κ1) is 21.2. The molecule has 0 aliphatic heterocycles. The first-order chi connectivity index (χ1) is 13.6. The van der Waals surface area contributed by atoms with E-state index >= 15 is 0 Å². The molecule has 0 heterocycles. The number of fused-ring (bicyclic) bond motifs is 3. The fraction of sp³-hybridized carbons (Fsp3) is 0.778. The fourth-order valence-corrected chi connectivity index (χ4v) is 8.00. The number of aliphatic hydroxyl groups is 1. The van der Waals surface area contributed by atoms with Crippen LogP contribution < -0.4 is 4.74 Å². The van der Waals surface area contributed by atoms with Gasteiger partial charge >= 0.3 is 0 Å². The lowest BCUT2D eigenvalue weighted by atomic mass is 9.45. The van der Waals surface area contributed by atoms with E-state index in [4.69, 9.17) is 4.74 Å². The SMILES string of the molecule is COc1ccc(C2(O)CC[C@@H](C)[C@H]3C[C@@H]4CC[C@@H](C)[C@H](CC[C@@]32C)C4(C)C)cc1. The van der Waals surface area contributed by atoms with Gasteiger partial charge in [-0.3, -0.25) is 0 Å². The van der Waals surface area contributed by atoms with Crippen LogP contribution in [0.5, 0.6) is 5.75 Å². The summed E-state index contributed by atoms with van der Waals surface area (Å²) in [5.41, 5.74) is 0.712. The van der Waals surface area contributed by atoms with E-state index in [9.17, 15) is 5.11 Å². The van der Waals surface area contributed by atoms with Gasteiger partial charge in [-0.2, -0.15) is 0 Å². The van der Waals surface area contributed by atoms with Gasteiger partial charge in [-0.15, -0.1) is 0 Å². The summed E-state index contributed by atoms with van der Waals surface area (Å²) in [6.07, 6.45) is 8.42. The molecule has 162 valence electrons. The second-order valence-electron chi connectivity index (χ2n) is 11.6. The average Bonchev–Trinajstić information content (AvgIpc) is 2.69. The summed E-state index contributed by atoms with van der Waals surface area (Å²) in [5.74, 6) is 4.50. The molecule has 0 radical (unpaired) electrons. The quantitative estimate of drug-likeness (QED) is 0.593. The molecular formula is C27H42O2. The van der Waals surface area contributed by atoms with Gasteiger partial charge in [0.05, 0.1) is 12.7 Å². The Morgan fingerprint density at radius 2 is 1.52 bits per heavy atom. The van der Waals surface area contributed by atoms with Gasteiger partial charge in [0.2, 0.25) is 0 Å². The van der Waals surface area contributed by atoms with Gasteiger partial charge in [-0.25, -0.2) is 0 Å². The maximum absolute atomic E-state index is 12.3. The monoisotopic (exact) mass is 398 g/mol. The maximum Gasteiger partial charge on any atom is 0.118 e. The highest BCUT2D eigenvalue weighted by atomic mass is 16.5. The third-order valence-electron chi connectivity index (χ3n) is 10.2. The first-order valence-corrected chi connectivity index (χ1v) is 12.0. The number of hydrogen-bond acceptors (Lipinski definition) is 2. The molecule has 1 N–H and O–H groups in total. The molecule has 3 aliphatic carbocycles. The Labute approximate surface area is 178 Å². The van der Waals surface area contributed by atoms with Crippen LogP contribution >= 0.6 is 0 Å². The van der Waals surface area contributed by atoms with E-state index in [1.54, 1.807) is 7.11 Å². The first-order valence-electron chi connectivity index (χ1n) is 12.0. The van der Waals surface area contributed by atoms with Gasteiger partial charge < -0.3 is 9.84 Å². The van der Waals surface area contributed by atoms with Crippen molar-refractivity contribution in [3.63, 3.8) is 0 Å². The average molecular weight is 399 g/mol. The van der Waals surface area contributed by atoms with Crippen LogP contribution in [0.3, 0.4) is 0 Å². The summed E-state index contributed by atoms with van der Waals surface area (Å²) in [6.45, 7) is 12.4. The molecule has 0 spiro atoms. The van der Waals surface area contributed by atoms with E-state index in [0.29, 0.717) is 17.3 Å². The van der Waals surface area contributed by atoms with Crippen LogP contribution in [0.4, 0.5) is 0 Å². The van der Waals surface area contributed by atoms with Crippen LogP contribution in [0.1, 0.15) is 85.1 Å². The lowest BCUT2D eigenvalue weighted by Crippen LogP contribution is -2.57. The molecule has 0 amide bonds. The highest BCUT2D eigenvalue weighted by Gasteiger charge is 2.59. The third-order valence-corrected chi connectivity index (χ3v) is 10.2. The lowest BCUT2D eigenvalue weighted by Gasteiger charge is -2.61. The van der Waals surface area contributed by atoms with Crippen molar-refractivity contribution in [2.75, 3.05) is 7.11 Å². The van der Waals surface area contributed by atoms with Crippen molar-refractivity contribution >= 4 is 0 Å². The largest absolute Gasteiger partial charge is 0.497 e.